The van der Waals surface area contributed by atoms with Crippen LogP contribution in [0.5, 0.6) is 0 Å². The largest absolute Gasteiger partial charge is 0.322 e. The Balaban J connectivity index is 1.50. The molecule has 138 valence electrons. The van der Waals surface area contributed by atoms with Crippen LogP contribution in [-0.2, 0) is 0 Å². The van der Waals surface area contributed by atoms with Crippen LogP contribution in [0.15, 0.2) is 78.2 Å². The van der Waals surface area contributed by atoms with Gasteiger partial charge in [0.15, 0.2) is 0 Å². The zero-order valence-electron chi connectivity index (χ0n) is 15.8. The van der Waals surface area contributed by atoms with Crippen LogP contribution in [0, 0.1) is 13.8 Å². The molecule has 1 N–H and O–H groups in total. The van der Waals surface area contributed by atoms with Gasteiger partial charge in [0, 0.05) is 27.8 Å². The third-order valence-electron chi connectivity index (χ3n) is 4.63. The third kappa shape index (κ3) is 3.87. The molecule has 0 aliphatic heterocycles. The van der Waals surface area contributed by atoms with E-state index in [0.29, 0.717) is 5.56 Å². The first-order chi connectivity index (χ1) is 13.6. The number of amides is 1. The normalized spacial score (nSPS) is 10.6. The summed E-state index contributed by atoms with van der Waals surface area (Å²) >= 11 is 1.64. The minimum atomic E-state index is -0.108. The summed E-state index contributed by atoms with van der Waals surface area (Å²) in [6.45, 7) is 4.10. The second kappa shape index (κ2) is 7.79. The van der Waals surface area contributed by atoms with Crippen LogP contribution >= 0.6 is 11.3 Å². The average Bonchev–Trinajstić information content (AvgIpc) is 3.19. The van der Waals surface area contributed by atoms with Crippen molar-refractivity contribution in [1.82, 2.24) is 4.98 Å². The molecule has 0 unspecified atom stereocenters. The Morgan fingerprint density at radius 3 is 2.32 bits per heavy atom. The highest BCUT2D eigenvalue weighted by Gasteiger charge is 2.09. The molecule has 3 aromatic carbocycles. The Kier molecular flexibility index (Phi) is 5.04. The molecule has 1 amide bonds. The first kappa shape index (κ1) is 18.1. The van der Waals surface area contributed by atoms with Gasteiger partial charge in [0.05, 0.1) is 5.69 Å². The van der Waals surface area contributed by atoms with Gasteiger partial charge in [0.2, 0.25) is 0 Å². The molecule has 3 nitrogen and oxygen atoms in total. The van der Waals surface area contributed by atoms with Crippen LogP contribution in [0.1, 0.15) is 21.5 Å². The smallest absolute Gasteiger partial charge is 0.255 e. The van der Waals surface area contributed by atoms with Gasteiger partial charge in [-0.2, -0.15) is 0 Å². The lowest BCUT2D eigenvalue weighted by Crippen LogP contribution is -2.11. The Bertz CT molecular complexity index is 1110. The van der Waals surface area contributed by atoms with E-state index in [1.54, 1.807) is 11.3 Å². The van der Waals surface area contributed by atoms with Crippen LogP contribution in [0.3, 0.4) is 0 Å². The highest BCUT2D eigenvalue weighted by molar-refractivity contribution is 7.13. The third-order valence-corrected chi connectivity index (χ3v) is 5.51. The molecule has 0 atom stereocenters. The van der Waals surface area contributed by atoms with Crippen molar-refractivity contribution < 1.29 is 4.79 Å². The molecule has 0 bridgehead atoms. The van der Waals surface area contributed by atoms with Crippen LogP contribution in [0.25, 0.3) is 21.8 Å². The number of benzene rings is 3. The minimum absolute atomic E-state index is 0.108. The van der Waals surface area contributed by atoms with Crippen molar-refractivity contribution in [2.75, 3.05) is 5.32 Å². The van der Waals surface area contributed by atoms with Crippen LogP contribution in [0.4, 0.5) is 5.69 Å². The number of nitrogens with one attached hydrogen (secondary N) is 1. The molecule has 0 spiro atoms. The van der Waals surface area contributed by atoms with Gasteiger partial charge in [-0.25, -0.2) is 4.98 Å². The van der Waals surface area contributed by atoms with Crippen molar-refractivity contribution in [2.24, 2.45) is 0 Å². The van der Waals surface area contributed by atoms with Gasteiger partial charge >= 0.3 is 0 Å². The molecule has 4 aromatic rings. The van der Waals surface area contributed by atoms with E-state index in [2.05, 4.69) is 29.8 Å². The van der Waals surface area contributed by atoms with Crippen molar-refractivity contribution in [1.29, 1.82) is 0 Å². The number of hydrogen-bond donors (Lipinski definition) is 1. The molecular formula is C24H20N2OS. The molecule has 1 heterocycles. The van der Waals surface area contributed by atoms with Gasteiger partial charge in [0.1, 0.15) is 5.01 Å². The number of aromatic nitrogens is 1. The second-order valence-electron chi connectivity index (χ2n) is 6.75. The summed E-state index contributed by atoms with van der Waals surface area (Å²) < 4.78 is 0. The topological polar surface area (TPSA) is 42.0 Å². The van der Waals surface area contributed by atoms with E-state index >= 15 is 0 Å². The zero-order chi connectivity index (χ0) is 19.5. The molecule has 0 aliphatic carbocycles. The Labute approximate surface area is 168 Å². The summed E-state index contributed by atoms with van der Waals surface area (Å²) in [6, 6.07) is 23.6. The van der Waals surface area contributed by atoms with Gasteiger partial charge in [-0.3, -0.25) is 4.79 Å². The van der Waals surface area contributed by atoms with E-state index in [0.717, 1.165) is 27.5 Å². The minimum Gasteiger partial charge on any atom is -0.322 e. The second-order valence-corrected chi connectivity index (χ2v) is 7.61. The van der Waals surface area contributed by atoms with Gasteiger partial charge in [-0.15, -0.1) is 11.3 Å². The van der Waals surface area contributed by atoms with Gasteiger partial charge in [-0.05, 0) is 43.7 Å². The van der Waals surface area contributed by atoms with E-state index in [9.17, 15) is 4.79 Å². The quantitative estimate of drug-likeness (QED) is 0.446. The monoisotopic (exact) mass is 384 g/mol. The Morgan fingerprint density at radius 2 is 1.61 bits per heavy atom. The molecule has 0 saturated carbocycles. The summed E-state index contributed by atoms with van der Waals surface area (Å²) in [7, 11) is 0. The Morgan fingerprint density at radius 1 is 0.893 bits per heavy atom. The molecule has 0 radical (unpaired) electrons. The van der Waals surface area contributed by atoms with Crippen LogP contribution in [-0.4, -0.2) is 10.9 Å². The maximum atomic E-state index is 12.4. The zero-order valence-corrected chi connectivity index (χ0v) is 16.6. The molecule has 4 rings (SSSR count). The standard InChI is InChI=1S/C24H20N2OS/c1-16-7-9-19(10-8-16)23(27)25-20-13-11-18(12-14-20)22-15-28-24(26-22)21-6-4-3-5-17(21)2/h3-15H,1-2H3,(H,25,27). The molecule has 0 aliphatic rings. The summed E-state index contributed by atoms with van der Waals surface area (Å²) in [5.41, 5.74) is 6.91. The maximum absolute atomic E-state index is 12.4. The average molecular weight is 385 g/mol. The highest BCUT2D eigenvalue weighted by Crippen LogP contribution is 2.31. The predicted octanol–water partition coefficient (Wildman–Crippen LogP) is 6.35. The lowest BCUT2D eigenvalue weighted by molar-refractivity contribution is 0.102. The fourth-order valence-corrected chi connectivity index (χ4v) is 3.89. The molecular weight excluding hydrogens is 364 g/mol. The fraction of sp³-hybridized carbons (Fsp3) is 0.0833. The number of hydrogen-bond acceptors (Lipinski definition) is 3. The predicted molar refractivity (Wildman–Crippen MR) is 117 cm³/mol. The molecule has 1 aromatic heterocycles. The molecule has 4 heteroatoms. The van der Waals surface area contributed by atoms with Gasteiger partial charge in [0.25, 0.3) is 5.91 Å². The van der Waals surface area contributed by atoms with Crippen molar-refractivity contribution in [3.8, 4) is 21.8 Å². The number of rotatable bonds is 4. The molecule has 0 saturated heterocycles. The number of anilines is 1. The van der Waals surface area contributed by atoms with Crippen molar-refractivity contribution >= 4 is 22.9 Å². The van der Waals surface area contributed by atoms with E-state index < -0.39 is 0 Å². The summed E-state index contributed by atoms with van der Waals surface area (Å²) in [6.07, 6.45) is 0. The maximum Gasteiger partial charge on any atom is 0.255 e. The molecule has 28 heavy (non-hydrogen) atoms. The lowest BCUT2D eigenvalue weighted by atomic mass is 10.1. The van der Waals surface area contributed by atoms with Crippen LogP contribution < -0.4 is 5.32 Å². The lowest BCUT2D eigenvalue weighted by Gasteiger charge is -2.06. The molecule has 0 fully saturated rings. The van der Waals surface area contributed by atoms with Crippen molar-refractivity contribution in [2.45, 2.75) is 13.8 Å². The SMILES string of the molecule is Cc1ccc(C(=O)Nc2ccc(-c3csc(-c4ccccc4C)n3)cc2)cc1. The van der Waals surface area contributed by atoms with E-state index in [1.165, 1.54) is 11.1 Å². The van der Waals surface area contributed by atoms with Crippen LogP contribution in [0.2, 0.25) is 0 Å². The number of aryl methyl sites for hydroxylation is 2. The van der Waals surface area contributed by atoms with E-state index in [-0.39, 0.29) is 5.91 Å². The summed E-state index contributed by atoms with van der Waals surface area (Å²) in [5, 5.41) is 6.03. The summed E-state index contributed by atoms with van der Waals surface area (Å²) in [4.78, 5) is 17.1. The van der Waals surface area contributed by atoms with E-state index in [1.807, 2.05) is 67.6 Å². The fourth-order valence-electron chi connectivity index (χ4n) is 2.98. The number of carbonyl (C=O) groups excluding carboxylic acids is 1. The first-order valence-electron chi connectivity index (χ1n) is 9.10. The number of nitrogens with zero attached hydrogens (tertiary/aromatic N) is 1. The van der Waals surface area contributed by atoms with Gasteiger partial charge in [-0.1, -0.05) is 54.1 Å². The highest BCUT2D eigenvalue weighted by atomic mass is 32.1. The van der Waals surface area contributed by atoms with Crippen molar-refractivity contribution in [3.63, 3.8) is 0 Å². The van der Waals surface area contributed by atoms with Crippen molar-refractivity contribution in [3.05, 3.63) is 94.9 Å². The Hall–Kier alpha value is -3.24. The van der Waals surface area contributed by atoms with E-state index in [4.69, 9.17) is 4.98 Å². The number of thiazole rings is 1. The summed E-state index contributed by atoms with van der Waals surface area (Å²) in [5.74, 6) is -0.108. The first-order valence-corrected chi connectivity index (χ1v) is 9.98. The number of carbonyl (C=O) groups is 1. The van der Waals surface area contributed by atoms with Gasteiger partial charge < -0.3 is 5.32 Å².